The van der Waals surface area contributed by atoms with Gasteiger partial charge >= 0.3 is 0 Å². The minimum absolute atomic E-state index is 0.712. The molecule has 0 amide bonds. The van der Waals surface area contributed by atoms with Crippen LogP contribution in [0.2, 0.25) is 0 Å². The fourth-order valence-corrected chi connectivity index (χ4v) is 2.20. The molecule has 0 fully saturated rings. The zero-order valence-corrected chi connectivity index (χ0v) is 10.3. The molecule has 2 aromatic carbocycles. The van der Waals surface area contributed by atoms with Crippen molar-refractivity contribution in [2.75, 3.05) is 13.2 Å². The topological polar surface area (TPSA) is 18.5 Å². The number of rotatable bonds is 4. The van der Waals surface area contributed by atoms with Crippen molar-refractivity contribution in [3.63, 3.8) is 0 Å². The van der Waals surface area contributed by atoms with Crippen LogP contribution in [0.5, 0.6) is 11.5 Å². The molecule has 0 aliphatic carbocycles. The summed E-state index contributed by atoms with van der Waals surface area (Å²) in [5, 5.41) is 0. The Morgan fingerprint density at radius 1 is 1.06 bits per heavy atom. The fraction of sp³-hybridized carbons (Fsp3) is 0.250. The number of ether oxygens (including phenoxy) is 2. The van der Waals surface area contributed by atoms with Gasteiger partial charge in [0.1, 0.15) is 11.5 Å². The fourth-order valence-electron chi connectivity index (χ4n) is 2.20. The van der Waals surface area contributed by atoms with E-state index in [9.17, 15) is 0 Å². The van der Waals surface area contributed by atoms with E-state index >= 15 is 0 Å². The van der Waals surface area contributed by atoms with Crippen molar-refractivity contribution in [2.45, 2.75) is 12.8 Å². The second kappa shape index (κ2) is 5.13. The summed E-state index contributed by atoms with van der Waals surface area (Å²) in [5.74, 6) is 1.98. The Kier molecular flexibility index (Phi) is 3.18. The van der Waals surface area contributed by atoms with Crippen LogP contribution >= 0.6 is 0 Å². The first-order chi connectivity index (χ1) is 8.92. The van der Waals surface area contributed by atoms with Crippen LogP contribution < -0.4 is 9.47 Å². The van der Waals surface area contributed by atoms with Crippen molar-refractivity contribution in [1.29, 1.82) is 0 Å². The molecule has 0 saturated carbocycles. The highest BCUT2D eigenvalue weighted by molar-refractivity contribution is 5.39. The predicted octanol–water partition coefficient (Wildman–Crippen LogP) is 3.24. The van der Waals surface area contributed by atoms with Gasteiger partial charge in [-0.2, -0.15) is 0 Å². The van der Waals surface area contributed by atoms with Gasteiger partial charge in [-0.25, -0.2) is 0 Å². The van der Waals surface area contributed by atoms with Gasteiger partial charge in [0.25, 0.3) is 0 Å². The van der Waals surface area contributed by atoms with Crippen molar-refractivity contribution in [1.82, 2.24) is 0 Å². The minimum Gasteiger partial charge on any atom is -0.493 e. The number of fused-ring (bicyclic) bond motifs is 1. The number of benzene rings is 2. The lowest BCUT2D eigenvalue weighted by Crippen LogP contribution is -2.01. The monoisotopic (exact) mass is 240 g/mol. The maximum atomic E-state index is 5.70. The maximum Gasteiger partial charge on any atom is 0.122 e. The Morgan fingerprint density at radius 2 is 1.94 bits per heavy atom. The maximum absolute atomic E-state index is 5.70. The molecular formula is C16H16O2. The molecule has 0 saturated heterocycles. The third kappa shape index (κ3) is 2.48. The summed E-state index contributed by atoms with van der Waals surface area (Å²) >= 11 is 0. The van der Waals surface area contributed by atoms with Crippen LogP contribution in [0.1, 0.15) is 11.1 Å². The summed E-state index contributed by atoms with van der Waals surface area (Å²) in [7, 11) is 0. The van der Waals surface area contributed by atoms with Gasteiger partial charge in [-0.15, -0.1) is 0 Å². The van der Waals surface area contributed by atoms with Gasteiger partial charge in [0.05, 0.1) is 13.2 Å². The van der Waals surface area contributed by atoms with E-state index in [4.69, 9.17) is 9.47 Å². The average Bonchev–Trinajstić information content (AvgIpc) is 2.87. The third-order valence-corrected chi connectivity index (χ3v) is 3.16. The Bertz CT molecular complexity index is 520. The van der Waals surface area contributed by atoms with E-state index in [1.54, 1.807) is 0 Å². The van der Waals surface area contributed by atoms with E-state index < -0.39 is 0 Å². The Balaban J connectivity index is 1.57. The predicted molar refractivity (Wildman–Crippen MR) is 71.3 cm³/mol. The molecule has 1 aliphatic rings. The lowest BCUT2D eigenvalue weighted by molar-refractivity contribution is 0.322. The molecule has 0 bridgehead atoms. The van der Waals surface area contributed by atoms with E-state index in [1.807, 2.05) is 30.3 Å². The van der Waals surface area contributed by atoms with E-state index in [1.165, 1.54) is 11.1 Å². The van der Waals surface area contributed by atoms with Gasteiger partial charge in [0.15, 0.2) is 0 Å². The molecule has 1 heterocycles. The molecule has 2 aromatic rings. The van der Waals surface area contributed by atoms with E-state index in [-0.39, 0.29) is 0 Å². The molecular weight excluding hydrogens is 224 g/mol. The number of hydrogen-bond acceptors (Lipinski definition) is 2. The molecule has 1 aliphatic heterocycles. The Morgan fingerprint density at radius 3 is 2.83 bits per heavy atom. The van der Waals surface area contributed by atoms with Crippen LogP contribution in [0.25, 0.3) is 0 Å². The van der Waals surface area contributed by atoms with Crippen LogP contribution in [0, 0.1) is 0 Å². The van der Waals surface area contributed by atoms with E-state index in [2.05, 4.69) is 18.2 Å². The van der Waals surface area contributed by atoms with Gasteiger partial charge in [-0.1, -0.05) is 30.3 Å². The summed E-state index contributed by atoms with van der Waals surface area (Å²) in [4.78, 5) is 0. The van der Waals surface area contributed by atoms with Gasteiger partial charge in [0, 0.05) is 12.8 Å². The summed E-state index contributed by atoms with van der Waals surface area (Å²) < 4.78 is 11.2. The first-order valence-electron chi connectivity index (χ1n) is 6.34. The largest absolute Gasteiger partial charge is 0.493 e. The summed E-state index contributed by atoms with van der Waals surface area (Å²) in [5.41, 5.74) is 2.64. The molecule has 0 spiro atoms. The van der Waals surface area contributed by atoms with Crippen molar-refractivity contribution >= 4 is 0 Å². The zero-order valence-electron chi connectivity index (χ0n) is 10.3. The lowest BCUT2D eigenvalue weighted by atomic mass is 10.1. The number of hydrogen-bond donors (Lipinski definition) is 0. The molecule has 92 valence electrons. The summed E-state index contributed by atoms with van der Waals surface area (Å²) in [6.45, 7) is 1.53. The average molecular weight is 240 g/mol. The Labute approximate surface area is 107 Å². The standard InChI is InChI=1S/C16H16O2/c1-2-4-15(5-3-1)17-10-8-13-6-7-16-14(12-13)9-11-18-16/h1-7,12H,8-11H2. The summed E-state index contributed by atoms with van der Waals surface area (Å²) in [6, 6.07) is 16.4. The molecule has 3 rings (SSSR count). The smallest absolute Gasteiger partial charge is 0.122 e. The van der Waals surface area contributed by atoms with E-state index in [0.717, 1.165) is 30.9 Å². The number of para-hydroxylation sites is 1. The highest BCUT2D eigenvalue weighted by Gasteiger charge is 2.11. The first kappa shape index (κ1) is 11.1. The van der Waals surface area contributed by atoms with Crippen LogP contribution in [0.15, 0.2) is 48.5 Å². The molecule has 0 unspecified atom stereocenters. The molecule has 2 nitrogen and oxygen atoms in total. The van der Waals surface area contributed by atoms with Crippen LogP contribution in [0.4, 0.5) is 0 Å². The molecule has 2 heteroatoms. The normalized spacial score (nSPS) is 12.9. The molecule has 18 heavy (non-hydrogen) atoms. The van der Waals surface area contributed by atoms with E-state index in [0.29, 0.717) is 6.61 Å². The van der Waals surface area contributed by atoms with Crippen LogP contribution in [-0.4, -0.2) is 13.2 Å². The van der Waals surface area contributed by atoms with Gasteiger partial charge in [-0.3, -0.25) is 0 Å². The van der Waals surface area contributed by atoms with Crippen molar-refractivity contribution in [3.05, 3.63) is 59.7 Å². The van der Waals surface area contributed by atoms with Gasteiger partial charge in [0.2, 0.25) is 0 Å². The molecule has 0 N–H and O–H groups in total. The molecule has 0 atom stereocenters. The van der Waals surface area contributed by atoms with Crippen molar-refractivity contribution in [2.24, 2.45) is 0 Å². The third-order valence-electron chi connectivity index (χ3n) is 3.16. The highest BCUT2D eigenvalue weighted by Crippen LogP contribution is 2.26. The van der Waals surface area contributed by atoms with Crippen LogP contribution in [0.3, 0.4) is 0 Å². The van der Waals surface area contributed by atoms with Gasteiger partial charge < -0.3 is 9.47 Å². The SMILES string of the molecule is c1ccc(OCCc2ccc3c(c2)CCO3)cc1. The second-order valence-electron chi connectivity index (χ2n) is 4.45. The van der Waals surface area contributed by atoms with Crippen LogP contribution in [-0.2, 0) is 12.8 Å². The quantitative estimate of drug-likeness (QED) is 0.816. The Hall–Kier alpha value is -1.96. The van der Waals surface area contributed by atoms with Crippen molar-refractivity contribution < 1.29 is 9.47 Å². The molecule has 0 radical (unpaired) electrons. The zero-order chi connectivity index (χ0) is 12.2. The minimum atomic E-state index is 0.712. The lowest BCUT2D eigenvalue weighted by Gasteiger charge is -2.07. The molecule has 0 aromatic heterocycles. The first-order valence-corrected chi connectivity index (χ1v) is 6.34. The second-order valence-corrected chi connectivity index (χ2v) is 4.45. The van der Waals surface area contributed by atoms with Crippen molar-refractivity contribution in [3.8, 4) is 11.5 Å². The highest BCUT2D eigenvalue weighted by atomic mass is 16.5. The summed E-state index contributed by atoms with van der Waals surface area (Å²) in [6.07, 6.45) is 1.96. The van der Waals surface area contributed by atoms with Gasteiger partial charge in [-0.05, 0) is 29.3 Å².